The van der Waals surface area contributed by atoms with E-state index in [1.54, 1.807) is 0 Å². The lowest BCUT2D eigenvalue weighted by atomic mass is 10.1. The van der Waals surface area contributed by atoms with E-state index in [0.29, 0.717) is 0 Å². The van der Waals surface area contributed by atoms with Gasteiger partial charge in [-0.3, -0.25) is 9.69 Å². The van der Waals surface area contributed by atoms with Crippen LogP contribution >= 0.6 is 0 Å². The van der Waals surface area contributed by atoms with Crippen molar-refractivity contribution in [1.82, 2.24) is 9.80 Å². The van der Waals surface area contributed by atoms with Gasteiger partial charge >= 0.3 is 12.4 Å². The number of β-amino-alcohol motifs (C(OH)–C–C–N with tert-alkyl or cyclic N) is 1. The Balaban J connectivity index is 2.02. The van der Waals surface area contributed by atoms with Crippen molar-refractivity contribution in [2.75, 3.05) is 20.1 Å². The van der Waals surface area contributed by atoms with Crippen molar-refractivity contribution < 1.29 is 32.6 Å². The van der Waals surface area contributed by atoms with Crippen molar-refractivity contribution in [2.24, 2.45) is 0 Å². The lowest BCUT2D eigenvalue weighted by molar-refractivity contribution is -0.274. The Morgan fingerprint density at radius 2 is 1.86 bits per heavy atom. The quantitative estimate of drug-likeness (QED) is 0.855. The highest BCUT2D eigenvalue weighted by Crippen LogP contribution is 2.25. The summed E-state index contributed by atoms with van der Waals surface area (Å²) in [6.45, 7) is -0.328. The van der Waals surface area contributed by atoms with Crippen molar-refractivity contribution in [2.45, 2.75) is 12.5 Å². The first-order valence-electron chi connectivity index (χ1n) is 6.26. The van der Waals surface area contributed by atoms with Crippen molar-refractivity contribution >= 4 is 11.9 Å². The molecule has 0 saturated carbocycles. The Bertz CT molecular complexity index is 574. The summed E-state index contributed by atoms with van der Waals surface area (Å²) in [6.07, 6.45) is -5.99. The molecule has 1 atom stereocenters. The first kappa shape index (κ1) is 16.1. The van der Waals surface area contributed by atoms with E-state index >= 15 is 0 Å². The van der Waals surface area contributed by atoms with Gasteiger partial charge in [-0.1, -0.05) is 12.1 Å². The number of hydrogen-bond donors (Lipinski definition) is 1. The minimum absolute atomic E-state index is 0.0656. The fourth-order valence-corrected chi connectivity index (χ4v) is 2.02. The number of aliphatic hydroxyl groups is 1. The summed E-state index contributed by atoms with van der Waals surface area (Å²) in [5, 5.41) is 10.00. The number of rotatable bonds is 4. The van der Waals surface area contributed by atoms with Gasteiger partial charge in [-0.25, -0.2) is 4.79 Å². The van der Waals surface area contributed by atoms with Crippen LogP contribution in [-0.2, 0) is 4.79 Å². The second-order valence-electron chi connectivity index (χ2n) is 4.78. The number of imide groups is 1. The Morgan fingerprint density at radius 3 is 2.32 bits per heavy atom. The largest absolute Gasteiger partial charge is 0.573 e. The van der Waals surface area contributed by atoms with Crippen LogP contribution in [0.4, 0.5) is 18.0 Å². The third-order valence-corrected chi connectivity index (χ3v) is 3.08. The lowest BCUT2D eigenvalue weighted by Gasteiger charge is -2.19. The molecular weight excluding hydrogens is 305 g/mol. The molecule has 1 saturated heterocycles. The monoisotopic (exact) mass is 318 g/mol. The number of urea groups is 1. The highest BCUT2D eigenvalue weighted by Gasteiger charge is 2.35. The summed E-state index contributed by atoms with van der Waals surface area (Å²) in [4.78, 5) is 25.3. The van der Waals surface area contributed by atoms with E-state index in [2.05, 4.69) is 4.74 Å². The van der Waals surface area contributed by atoms with E-state index in [-0.39, 0.29) is 18.7 Å². The number of alkyl halides is 3. The third-order valence-electron chi connectivity index (χ3n) is 3.08. The van der Waals surface area contributed by atoms with Crippen LogP contribution < -0.4 is 4.74 Å². The van der Waals surface area contributed by atoms with Gasteiger partial charge < -0.3 is 14.7 Å². The maximum absolute atomic E-state index is 12.0. The second kappa shape index (κ2) is 5.84. The van der Waals surface area contributed by atoms with Crippen LogP contribution in [0.5, 0.6) is 5.75 Å². The summed E-state index contributed by atoms with van der Waals surface area (Å²) >= 11 is 0. The number of carbonyl (C=O) groups excluding carboxylic acids is 2. The Morgan fingerprint density at radius 1 is 1.27 bits per heavy atom. The molecule has 0 aliphatic carbocycles. The van der Waals surface area contributed by atoms with Gasteiger partial charge in [-0.15, -0.1) is 13.2 Å². The summed E-state index contributed by atoms with van der Waals surface area (Å²) in [6, 6.07) is 4.04. The molecule has 1 N–H and O–H groups in total. The van der Waals surface area contributed by atoms with Gasteiger partial charge in [0.1, 0.15) is 12.3 Å². The van der Waals surface area contributed by atoms with E-state index in [9.17, 15) is 27.9 Å². The number of benzene rings is 1. The molecule has 0 unspecified atom stereocenters. The molecule has 1 aliphatic rings. The maximum atomic E-state index is 12.0. The van der Waals surface area contributed by atoms with E-state index in [1.165, 1.54) is 24.1 Å². The summed E-state index contributed by atoms with van der Waals surface area (Å²) in [5.74, 6) is -0.861. The highest BCUT2D eigenvalue weighted by atomic mass is 19.4. The van der Waals surface area contributed by atoms with Crippen LogP contribution in [0.25, 0.3) is 0 Å². The fourth-order valence-electron chi connectivity index (χ4n) is 2.02. The molecule has 0 aromatic heterocycles. The predicted octanol–water partition coefficient (Wildman–Crippen LogP) is 1.51. The van der Waals surface area contributed by atoms with Crippen LogP contribution in [0, 0.1) is 0 Å². The molecule has 6 nitrogen and oxygen atoms in total. The maximum Gasteiger partial charge on any atom is 0.573 e. The molecule has 1 aromatic rings. The Hall–Kier alpha value is -2.29. The summed E-state index contributed by atoms with van der Waals surface area (Å²) < 4.78 is 39.8. The second-order valence-corrected chi connectivity index (χ2v) is 4.78. The normalized spacial score (nSPS) is 17.1. The van der Waals surface area contributed by atoms with Crippen molar-refractivity contribution in [3.63, 3.8) is 0 Å². The molecule has 0 radical (unpaired) electrons. The molecule has 3 amide bonds. The number of hydrogen-bond acceptors (Lipinski definition) is 4. The number of nitrogens with zero attached hydrogens (tertiary/aromatic N) is 2. The smallest absolute Gasteiger partial charge is 0.406 e. The van der Waals surface area contributed by atoms with E-state index in [4.69, 9.17) is 0 Å². The topological polar surface area (TPSA) is 70.1 Å². The Labute approximate surface area is 123 Å². The van der Waals surface area contributed by atoms with Gasteiger partial charge in [-0.2, -0.15) is 0 Å². The van der Waals surface area contributed by atoms with E-state index < -0.39 is 30.2 Å². The summed E-state index contributed by atoms with van der Waals surface area (Å²) in [7, 11) is 1.45. The first-order chi connectivity index (χ1) is 10.2. The average Bonchev–Trinajstić information content (AvgIpc) is 2.64. The molecule has 2 rings (SSSR count). The van der Waals surface area contributed by atoms with Crippen molar-refractivity contribution in [1.29, 1.82) is 0 Å². The predicted molar refractivity (Wildman–Crippen MR) is 67.8 cm³/mol. The van der Waals surface area contributed by atoms with Gasteiger partial charge in [0, 0.05) is 7.05 Å². The first-order valence-corrected chi connectivity index (χ1v) is 6.26. The summed E-state index contributed by atoms with van der Waals surface area (Å²) in [5.41, 5.74) is 0.268. The highest BCUT2D eigenvalue weighted by molar-refractivity contribution is 6.01. The third kappa shape index (κ3) is 3.67. The lowest BCUT2D eigenvalue weighted by Crippen LogP contribution is -2.35. The molecule has 1 aliphatic heterocycles. The molecular formula is C13H13F3N2O4. The van der Waals surface area contributed by atoms with E-state index in [0.717, 1.165) is 17.0 Å². The number of likely N-dealkylation sites (N-methyl/N-ethyl adjacent to an activating group) is 1. The number of ether oxygens (including phenoxy) is 1. The number of carbonyl (C=O) groups is 2. The minimum Gasteiger partial charge on any atom is -0.406 e. The number of amides is 3. The number of halogens is 3. The van der Waals surface area contributed by atoms with Gasteiger partial charge in [0.25, 0.3) is 0 Å². The van der Waals surface area contributed by atoms with Crippen LogP contribution in [0.3, 0.4) is 0 Å². The number of aliphatic hydroxyl groups excluding tert-OH is 1. The molecule has 9 heteroatoms. The van der Waals surface area contributed by atoms with Gasteiger partial charge in [0.15, 0.2) is 0 Å². The Kier molecular flexibility index (Phi) is 4.27. The zero-order valence-electron chi connectivity index (χ0n) is 11.5. The molecule has 1 heterocycles. The van der Waals surface area contributed by atoms with Gasteiger partial charge in [0.2, 0.25) is 5.91 Å². The molecule has 1 fully saturated rings. The van der Waals surface area contributed by atoms with Gasteiger partial charge in [-0.05, 0) is 17.7 Å². The zero-order valence-corrected chi connectivity index (χ0v) is 11.5. The van der Waals surface area contributed by atoms with Crippen LogP contribution in [0.1, 0.15) is 11.7 Å². The zero-order chi connectivity index (χ0) is 16.5. The average molecular weight is 318 g/mol. The minimum atomic E-state index is -4.79. The molecule has 22 heavy (non-hydrogen) atoms. The SMILES string of the molecule is CN1CC(=O)N(C[C@@H](O)c2ccc(OC(F)(F)F)cc2)C1=O. The molecule has 0 spiro atoms. The van der Waals surface area contributed by atoms with Gasteiger partial charge in [0.05, 0.1) is 12.6 Å². The van der Waals surface area contributed by atoms with Crippen molar-refractivity contribution in [3.8, 4) is 5.75 Å². The molecule has 1 aromatic carbocycles. The molecule has 0 bridgehead atoms. The van der Waals surface area contributed by atoms with E-state index in [1.807, 2.05) is 0 Å². The van der Waals surface area contributed by atoms with Crippen LogP contribution in [-0.4, -0.2) is 53.3 Å². The standard InChI is InChI=1S/C13H13F3N2O4/c1-17-7-11(20)18(12(17)21)6-10(19)8-2-4-9(5-3-8)22-13(14,15)16/h2-5,10,19H,6-7H2,1H3/t10-/m1/s1. The fraction of sp³-hybridized carbons (Fsp3) is 0.385. The molecule has 120 valence electrons. The van der Waals surface area contributed by atoms with Crippen LogP contribution in [0.15, 0.2) is 24.3 Å². The van der Waals surface area contributed by atoms with Crippen molar-refractivity contribution in [3.05, 3.63) is 29.8 Å². The van der Waals surface area contributed by atoms with Crippen LogP contribution in [0.2, 0.25) is 0 Å².